The summed E-state index contributed by atoms with van der Waals surface area (Å²) in [5.74, 6) is 0. The lowest BCUT2D eigenvalue weighted by atomic mass is 10.2. The SMILES string of the molecule is CCNC(=O)NCCN(C(=O)Nc1cccc(C(F)(F)F)c1)c1ccccc1. The van der Waals surface area contributed by atoms with Gasteiger partial charge in [-0.3, -0.25) is 4.90 Å². The molecule has 0 atom stereocenters. The third-order valence-corrected chi connectivity index (χ3v) is 3.71. The van der Waals surface area contributed by atoms with Crippen molar-refractivity contribution in [2.75, 3.05) is 29.9 Å². The predicted molar refractivity (Wildman–Crippen MR) is 101 cm³/mol. The van der Waals surface area contributed by atoms with E-state index in [9.17, 15) is 22.8 Å². The van der Waals surface area contributed by atoms with Crippen molar-refractivity contribution in [3.05, 3.63) is 60.2 Å². The number of hydrogen-bond donors (Lipinski definition) is 3. The minimum atomic E-state index is -4.50. The minimum Gasteiger partial charge on any atom is -0.338 e. The zero-order valence-electron chi connectivity index (χ0n) is 15.2. The molecule has 0 aliphatic carbocycles. The molecular weight excluding hydrogens is 373 g/mol. The van der Waals surface area contributed by atoms with Crippen molar-refractivity contribution in [2.45, 2.75) is 13.1 Å². The van der Waals surface area contributed by atoms with Gasteiger partial charge in [-0.25, -0.2) is 9.59 Å². The van der Waals surface area contributed by atoms with Crippen LogP contribution in [0.5, 0.6) is 0 Å². The summed E-state index contributed by atoms with van der Waals surface area (Å²) in [6.45, 7) is 2.53. The molecule has 0 saturated carbocycles. The van der Waals surface area contributed by atoms with Crippen LogP contribution < -0.4 is 20.9 Å². The Hall–Kier alpha value is -3.23. The largest absolute Gasteiger partial charge is 0.416 e. The lowest BCUT2D eigenvalue weighted by Crippen LogP contribution is -2.43. The maximum absolute atomic E-state index is 12.9. The Balaban J connectivity index is 2.12. The van der Waals surface area contributed by atoms with Crippen LogP contribution in [0.1, 0.15) is 12.5 Å². The molecule has 4 amide bonds. The number of hydrogen-bond acceptors (Lipinski definition) is 2. The predicted octanol–water partition coefficient (Wildman–Crippen LogP) is 4.06. The average molecular weight is 394 g/mol. The second-order valence-electron chi connectivity index (χ2n) is 5.78. The van der Waals surface area contributed by atoms with Gasteiger partial charge in [-0.2, -0.15) is 13.2 Å². The van der Waals surface area contributed by atoms with Crippen LogP contribution in [-0.4, -0.2) is 31.7 Å². The monoisotopic (exact) mass is 394 g/mol. The number of benzene rings is 2. The van der Waals surface area contributed by atoms with E-state index in [0.29, 0.717) is 12.2 Å². The maximum atomic E-state index is 12.9. The fourth-order valence-corrected chi connectivity index (χ4v) is 2.42. The van der Waals surface area contributed by atoms with Gasteiger partial charge in [0.1, 0.15) is 0 Å². The molecule has 0 aromatic heterocycles. The fourth-order valence-electron chi connectivity index (χ4n) is 2.42. The van der Waals surface area contributed by atoms with Gasteiger partial charge >= 0.3 is 18.2 Å². The molecule has 0 spiro atoms. The Kier molecular flexibility index (Phi) is 7.25. The molecule has 0 aliphatic rings. The van der Waals surface area contributed by atoms with Crippen LogP contribution in [0.2, 0.25) is 0 Å². The lowest BCUT2D eigenvalue weighted by Gasteiger charge is -2.23. The highest BCUT2D eigenvalue weighted by molar-refractivity contribution is 6.01. The number of carbonyl (C=O) groups excluding carboxylic acids is 2. The second kappa shape index (κ2) is 9.63. The van der Waals surface area contributed by atoms with E-state index in [1.54, 1.807) is 37.3 Å². The van der Waals surface area contributed by atoms with Gasteiger partial charge in [0.2, 0.25) is 0 Å². The number of halogens is 3. The molecule has 0 saturated heterocycles. The highest BCUT2D eigenvalue weighted by Gasteiger charge is 2.30. The zero-order valence-corrected chi connectivity index (χ0v) is 15.2. The van der Waals surface area contributed by atoms with Crippen molar-refractivity contribution < 1.29 is 22.8 Å². The Morgan fingerprint density at radius 1 is 1.00 bits per heavy atom. The van der Waals surface area contributed by atoms with E-state index in [1.165, 1.54) is 17.0 Å². The molecule has 2 aromatic carbocycles. The van der Waals surface area contributed by atoms with Gasteiger partial charge in [0, 0.05) is 31.0 Å². The van der Waals surface area contributed by atoms with E-state index in [0.717, 1.165) is 12.1 Å². The van der Waals surface area contributed by atoms with Crippen LogP contribution in [0.4, 0.5) is 34.1 Å². The summed E-state index contributed by atoms with van der Waals surface area (Å²) < 4.78 is 38.6. The van der Waals surface area contributed by atoms with Gasteiger partial charge in [-0.1, -0.05) is 24.3 Å². The Morgan fingerprint density at radius 2 is 1.71 bits per heavy atom. The van der Waals surface area contributed by atoms with Crippen LogP contribution in [0.15, 0.2) is 54.6 Å². The number of carbonyl (C=O) groups is 2. The molecule has 0 bridgehead atoms. The number of amides is 4. The third-order valence-electron chi connectivity index (χ3n) is 3.71. The quantitative estimate of drug-likeness (QED) is 0.691. The summed E-state index contributed by atoms with van der Waals surface area (Å²) in [5.41, 5.74) is -0.281. The number of anilines is 2. The van der Waals surface area contributed by atoms with Crippen molar-refractivity contribution in [3.63, 3.8) is 0 Å². The molecule has 0 unspecified atom stereocenters. The summed E-state index contributed by atoms with van der Waals surface area (Å²) in [6, 6.07) is 12.1. The molecule has 3 N–H and O–H groups in total. The Bertz CT molecular complexity index is 797. The summed E-state index contributed by atoms with van der Waals surface area (Å²) in [4.78, 5) is 25.5. The zero-order chi connectivity index (χ0) is 20.6. The summed E-state index contributed by atoms with van der Waals surface area (Å²) in [6.07, 6.45) is -4.50. The van der Waals surface area contributed by atoms with Gasteiger partial charge in [0.15, 0.2) is 0 Å². The molecule has 150 valence electrons. The van der Waals surface area contributed by atoms with Crippen LogP contribution in [-0.2, 0) is 6.18 Å². The topological polar surface area (TPSA) is 73.5 Å². The Labute approximate surface area is 160 Å². The molecule has 28 heavy (non-hydrogen) atoms. The van der Waals surface area contributed by atoms with E-state index >= 15 is 0 Å². The molecule has 0 fully saturated rings. The minimum absolute atomic E-state index is 0.0254. The number of nitrogens with one attached hydrogen (secondary N) is 3. The summed E-state index contributed by atoms with van der Waals surface area (Å²) >= 11 is 0. The summed E-state index contributed by atoms with van der Waals surface area (Å²) in [5, 5.41) is 7.66. The maximum Gasteiger partial charge on any atom is 0.416 e. The first-order valence-corrected chi connectivity index (χ1v) is 8.63. The van der Waals surface area contributed by atoms with Crippen LogP contribution in [0, 0.1) is 0 Å². The molecule has 0 heterocycles. The molecular formula is C19H21F3N4O2. The van der Waals surface area contributed by atoms with Gasteiger partial charge in [0.25, 0.3) is 0 Å². The second-order valence-corrected chi connectivity index (χ2v) is 5.78. The average Bonchev–Trinajstić information content (AvgIpc) is 2.65. The van der Waals surface area contributed by atoms with Crippen molar-refractivity contribution >= 4 is 23.4 Å². The molecule has 9 heteroatoms. The van der Waals surface area contributed by atoms with E-state index in [-0.39, 0.29) is 24.8 Å². The molecule has 6 nitrogen and oxygen atoms in total. The van der Waals surface area contributed by atoms with E-state index < -0.39 is 17.8 Å². The van der Waals surface area contributed by atoms with Crippen LogP contribution in [0.25, 0.3) is 0 Å². The molecule has 2 aromatic rings. The number of alkyl halides is 3. The van der Waals surface area contributed by atoms with Gasteiger partial charge in [0.05, 0.1) is 5.56 Å². The van der Waals surface area contributed by atoms with Crippen LogP contribution in [0.3, 0.4) is 0 Å². The third kappa shape index (κ3) is 6.19. The van der Waals surface area contributed by atoms with E-state index in [1.807, 2.05) is 0 Å². The van der Waals surface area contributed by atoms with E-state index in [4.69, 9.17) is 0 Å². The normalized spacial score (nSPS) is 10.9. The number of para-hydroxylation sites is 1. The molecule has 0 radical (unpaired) electrons. The van der Waals surface area contributed by atoms with Crippen LogP contribution >= 0.6 is 0 Å². The van der Waals surface area contributed by atoms with Gasteiger partial charge in [-0.05, 0) is 37.3 Å². The first kappa shape index (κ1) is 21.1. The molecule has 2 rings (SSSR count). The van der Waals surface area contributed by atoms with Crippen molar-refractivity contribution in [2.24, 2.45) is 0 Å². The number of rotatable bonds is 6. The highest BCUT2D eigenvalue weighted by Crippen LogP contribution is 2.30. The lowest BCUT2D eigenvalue weighted by molar-refractivity contribution is -0.137. The summed E-state index contributed by atoms with van der Waals surface area (Å²) in [7, 11) is 0. The van der Waals surface area contributed by atoms with Crippen molar-refractivity contribution in [1.82, 2.24) is 10.6 Å². The van der Waals surface area contributed by atoms with E-state index in [2.05, 4.69) is 16.0 Å². The molecule has 0 aliphatic heterocycles. The smallest absolute Gasteiger partial charge is 0.338 e. The first-order valence-electron chi connectivity index (χ1n) is 8.63. The standard InChI is InChI=1S/C19H21F3N4O2/c1-2-23-17(27)24-11-12-26(16-9-4-3-5-10-16)18(28)25-15-8-6-7-14(13-15)19(20,21)22/h3-10,13H,2,11-12H2,1H3,(H,25,28)(H2,23,24,27). The fraction of sp³-hybridized carbons (Fsp3) is 0.263. The first-order chi connectivity index (χ1) is 13.3. The van der Waals surface area contributed by atoms with Gasteiger partial charge < -0.3 is 16.0 Å². The van der Waals surface area contributed by atoms with Crippen molar-refractivity contribution in [1.29, 1.82) is 0 Å². The van der Waals surface area contributed by atoms with Gasteiger partial charge in [-0.15, -0.1) is 0 Å². The highest BCUT2D eigenvalue weighted by atomic mass is 19.4. The Morgan fingerprint density at radius 3 is 2.36 bits per heavy atom. The van der Waals surface area contributed by atoms with Crippen molar-refractivity contribution in [3.8, 4) is 0 Å². The number of nitrogens with zero attached hydrogens (tertiary/aromatic N) is 1. The number of urea groups is 2.